The van der Waals surface area contributed by atoms with Gasteiger partial charge in [0.25, 0.3) is 5.91 Å². The van der Waals surface area contributed by atoms with Crippen molar-refractivity contribution in [3.8, 4) is 17.2 Å². The molecule has 0 aliphatic carbocycles. The van der Waals surface area contributed by atoms with Crippen LogP contribution in [0.25, 0.3) is 11.1 Å². The molecule has 11 nitrogen and oxygen atoms in total. The highest BCUT2D eigenvalue weighted by atomic mass is 35.5. The number of thioether (sulfide) groups is 1. The van der Waals surface area contributed by atoms with Crippen molar-refractivity contribution >= 4 is 64.5 Å². The number of amides is 1. The Morgan fingerprint density at radius 3 is 2.02 bits per heavy atom. The summed E-state index contributed by atoms with van der Waals surface area (Å²) in [5.41, 5.74) is 0.662. The number of benzene rings is 2. The van der Waals surface area contributed by atoms with Crippen LogP contribution in [0.4, 0.5) is 5.69 Å². The number of pyridine rings is 1. The number of halogens is 2. The summed E-state index contributed by atoms with van der Waals surface area (Å²) in [5, 5.41) is 14.4. The lowest BCUT2D eigenvalue weighted by Gasteiger charge is -2.40. The average Bonchev–Trinajstić information content (AvgIpc) is 2.96. The minimum Gasteiger partial charge on any atom is -0.456 e. The summed E-state index contributed by atoms with van der Waals surface area (Å²) in [6.07, 6.45) is -3.54. The fourth-order valence-electron chi connectivity index (χ4n) is 4.70. The molecule has 234 valence electrons. The van der Waals surface area contributed by atoms with Crippen LogP contribution >= 0.6 is 35.0 Å². The second-order valence-corrected chi connectivity index (χ2v) is 11.8. The van der Waals surface area contributed by atoms with Crippen molar-refractivity contribution in [3.05, 3.63) is 75.4 Å². The smallest absolute Gasteiger partial charge is 0.303 e. The molecule has 1 aliphatic heterocycles. The molecule has 4 rings (SSSR count). The monoisotopic (exact) mass is 671 g/mol. The first-order valence-electron chi connectivity index (χ1n) is 13.4. The lowest BCUT2D eigenvalue weighted by atomic mass is 9.94. The van der Waals surface area contributed by atoms with Gasteiger partial charge in [0.15, 0.2) is 18.3 Å². The molecule has 1 aromatic heterocycles. The van der Waals surface area contributed by atoms with Crippen molar-refractivity contribution in [1.29, 1.82) is 5.26 Å². The predicted molar refractivity (Wildman–Crippen MR) is 166 cm³/mol. The van der Waals surface area contributed by atoms with Gasteiger partial charge >= 0.3 is 17.9 Å². The van der Waals surface area contributed by atoms with Gasteiger partial charge in [0.2, 0.25) is 0 Å². The van der Waals surface area contributed by atoms with Crippen LogP contribution in [-0.4, -0.2) is 59.2 Å². The Kier molecular flexibility index (Phi) is 11.1. The molecule has 0 spiro atoms. The molecule has 3 aromatic rings. The highest BCUT2D eigenvalue weighted by molar-refractivity contribution is 7.99. The normalized spacial score (nSPS) is 19.1. The fourth-order valence-corrected chi connectivity index (χ4v) is 6.11. The van der Waals surface area contributed by atoms with Gasteiger partial charge in [0, 0.05) is 42.1 Å². The number of nitrogens with zero attached hydrogens (tertiary/aromatic N) is 2. The third-order valence-corrected chi connectivity index (χ3v) is 8.11. The van der Waals surface area contributed by atoms with Crippen molar-refractivity contribution in [2.75, 3.05) is 11.9 Å². The molecule has 14 heteroatoms. The third-order valence-electron chi connectivity index (χ3n) is 6.45. The number of rotatable bonds is 8. The number of nitrogens with one attached hydrogen (secondary N) is 1. The quantitative estimate of drug-likeness (QED) is 0.231. The Hall–Kier alpha value is -4.15. The van der Waals surface area contributed by atoms with Gasteiger partial charge in [-0.05, 0) is 48.9 Å². The Balaban J connectivity index is 1.82. The number of aromatic nitrogens is 1. The molecular formula is C31H27Cl2N3O8S. The number of esters is 3. The van der Waals surface area contributed by atoms with Crippen LogP contribution in [-0.2, 0) is 33.3 Å². The summed E-state index contributed by atoms with van der Waals surface area (Å²) >= 11 is 13.1. The van der Waals surface area contributed by atoms with Crippen LogP contribution in [0.15, 0.2) is 53.6 Å². The molecule has 1 saturated heterocycles. The standard InChI is InChI=1S/C31H27Cl2N3O8S/c1-15-25(29(40)36-22-11-9-21(33)10-12-22)26(19-5-7-20(32)8-6-19)23(13-34)30(35-15)45-31-28(44-18(4)39)27(43-17(3)38)24(14-41-31)42-16(2)37/h5-12,24,27-28,31H,14H2,1-4H3,(H,36,40)/t24-,27-,28+,31-/m0/s1. The maximum absolute atomic E-state index is 13.7. The maximum Gasteiger partial charge on any atom is 0.303 e. The van der Waals surface area contributed by atoms with Gasteiger partial charge < -0.3 is 24.3 Å². The third kappa shape index (κ3) is 8.32. The van der Waals surface area contributed by atoms with Crippen LogP contribution < -0.4 is 5.32 Å². The lowest BCUT2D eigenvalue weighted by molar-refractivity contribution is -0.213. The first-order chi connectivity index (χ1) is 21.4. The van der Waals surface area contributed by atoms with Crippen LogP contribution in [0.3, 0.4) is 0 Å². The second-order valence-electron chi connectivity index (χ2n) is 9.82. The molecule has 0 bridgehead atoms. The summed E-state index contributed by atoms with van der Waals surface area (Å²) in [7, 11) is 0. The van der Waals surface area contributed by atoms with Gasteiger partial charge in [-0.2, -0.15) is 5.26 Å². The topological polar surface area (TPSA) is 154 Å². The highest BCUT2D eigenvalue weighted by Crippen LogP contribution is 2.40. The number of hydrogen-bond acceptors (Lipinski definition) is 11. The van der Waals surface area contributed by atoms with Gasteiger partial charge in [0.05, 0.1) is 23.4 Å². The number of anilines is 1. The predicted octanol–water partition coefficient (Wildman–Crippen LogP) is 5.73. The molecule has 0 unspecified atom stereocenters. The van der Waals surface area contributed by atoms with Gasteiger partial charge in [-0.15, -0.1) is 0 Å². The van der Waals surface area contributed by atoms with E-state index in [0.29, 0.717) is 21.3 Å². The molecule has 45 heavy (non-hydrogen) atoms. The Morgan fingerprint density at radius 2 is 1.47 bits per heavy atom. The molecule has 1 N–H and O–H groups in total. The lowest BCUT2D eigenvalue weighted by Crippen LogP contribution is -2.56. The molecule has 1 fully saturated rings. The van der Waals surface area contributed by atoms with Gasteiger partial charge in [-0.3, -0.25) is 19.2 Å². The van der Waals surface area contributed by atoms with E-state index in [0.717, 1.165) is 25.6 Å². The van der Waals surface area contributed by atoms with E-state index in [-0.39, 0.29) is 34.0 Å². The van der Waals surface area contributed by atoms with E-state index in [4.69, 9.17) is 42.1 Å². The minimum atomic E-state index is -1.25. The van der Waals surface area contributed by atoms with Crippen LogP contribution in [0, 0.1) is 18.3 Å². The van der Waals surface area contributed by atoms with Gasteiger partial charge in [0.1, 0.15) is 16.5 Å². The second kappa shape index (κ2) is 14.8. The average molecular weight is 673 g/mol. The van der Waals surface area contributed by atoms with Crippen molar-refractivity contribution in [1.82, 2.24) is 4.98 Å². The summed E-state index contributed by atoms with van der Waals surface area (Å²) in [6, 6.07) is 15.3. The molecule has 2 aromatic carbocycles. The van der Waals surface area contributed by atoms with Crippen molar-refractivity contribution < 1.29 is 38.1 Å². The van der Waals surface area contributed by atoms with Crippen molar-refractivity contribution in [2.45, 2.75) is 56.5 Å². The summed E-state index contributed by atoms with van der Waals surface area (Å²) in [6.45, 7) is 4.92. The van der Waals surface area contributed by atoms with E-state index >= 15 is 0 Å². The zero-order valence-corrected chi connectivity index (χ0v) is 26.8. The Labute approximate surface area is 273 Å². The summed E-state index contributed by atoms with van der Waals surface area (Å²) in [5.74, 6) is -2.59. The number of hydrogen-bond donors (Lipinski definition) is 1. The molecule has 0 radical (unpaired) electrons. The van der Waals surface area contributed by atoms with Gasteiger partial charge in [-0.25, -0.2) is 4.98 Å². The first-order valence-corrected chi connectivity index (χ1v) is 15.1. The number of carbonyl (C=O) groups is 4. The maximum atomic E-state index is 13.7. The van der Waals surface area contributed by atoms with E-state index in [9.17, 15) is 24.4 Å². The summed E-state index contributed by atoms with van der Waals surface area (Å²) < 4.78 is 22.2. The van der Waals surface area contributed by atoms with E-state index in [1.54, 1.807) is 55.5 Å². The Morgan fingerprint density at radius 1 is 0.911 bits per heavy atom. The van der Waals surface area contributed by atoms with Crippen molar-refractivity contribution in [3.63, 3.8) is 0 Å². The number of nitriles is 1. The molecular weight excluding hydrogens is 645 g/mol. The van der Waals surface area contributed by atoms with Crippen LogP contribution in [0.2, 0.25) is 10.0 Å². The molecule has 2 heterocycles. The van der Waals surface area contributed by atoms with E-state index in [2.05, 4.69) is 16.4 Å². The fraction of sp³-hybridized carbons (Fsp3) is 0.290. The highest BCUT2D eigenvalue weighted by Gasteiger charge is 2.47. The summed E-state index contributed by atoms with van der Waals surface area (Å²) in [4.78, 5) is 54.2. The zero-order valence-electron chi connectivity index (χ0n) is 24.5. The molecule has 0 saturated carbocycles. The molecule has 1 aliphatic rings. The van der Waals surface area contributed by atoms with E-state index in [1.807, 2.05) is 0 Å². The van der Waals surface area contributed by atoms with E-state index < -0.39 is 47.6 Å². The van der Waals surface area contributed by atoms with Crippen LogP contribution in [0.1, 0.15) is 42.4 Å². The molecule has 1 amide bonds. The van der Waals surface area contributed by atoms with Crippen LogP contribution in [0.5, 0.6) is 0 Å². The largest absolute Gasteiger partial charge is 0.456 e. The number of ether oxygens (including phenoxy) is 4. The zero-order chi connectivity index (χ0) is 32.8. The Bertz CT molecular complexity index is 1660. The number of carbonyl (C=O) groups excluding carboxylic acids is 4. The van der Waals surface area contributed by atoms with E-state index in [1.165, 1.54) is 6.92 Å². The minimum absolute atomic E-state index is 0.0329. The molecule has 4 atom stereocenters. The van der Waals surface area contributed by atoms with Gasteiger partial charge in [-0.1, -0.05) is 47.1 Å². The van der Waals surface area contributed by atoms with Crippen molar-refractivity contribution in [2.24, 2.45) is 0 Å². The SMILES string of the molecule is CC(=O)O[C@@H]1[C@@H](OC(C)=O)[C@H](Sc2nc(C)c(C(=O)Nc3ccc(Cl)cc3)c(-c3ccc(Cl)cc3)c2C#N)OC[C@@H]1OC(C)=O. The number of aryl methyl sites for hydroxylation is 1. The first kappa shape index (κ1) is 33.7.